The minimum absolute atomic E-state index is 0.0287. The van der Waals surface area contributed by atoms with Gasteiger partial charge in [-0.25, -0.2) is 13.2 Å². The predicted octanol–water partition coefficient (Wildman–Crippen LogP) is 2.95. The van der Waals surface area contributed by atoms with E-state index in [1.54, 1.807) is 0 Å². The molecule has 3 N–H and O–H groups in total. The minimum atomic E-state index is -1.02. The number of methoxy groups -OCH3 is 1. The number of carbonyl (C=O) groups is 1. The number of nitrogens with two attached hydrogens (primary N) is 1. The molecule has 0 bridgehead atoms. The molecule has 0 aromatic heterocycles. The van der Waals surface area contributed by atoms with Crippen molar-refractivity contribution in [3.63, 3.8) is 0 Å². The molecule has 2 aromatic rings. The summed E-state index contributed by atoms with van der Waals surface area (Å²) in [4.78, 5) is 11.9. The third-order valence-electron chi connectivity index (χ3n) is 2.74. The summed E-state index contributed by atoms with van der Waals surface area (Å²) in [5.41, 5.74) is 4.74. The van der Waals surface area contributed by atoms with Crippen molar-refractivity contribution < 1.29 is 22.7 Å². The standard InChI is InChI=1S/C14H11F3N2O2/c1-21-12-3-2-7(4-9(12)16)14(20)19-13-10(17)5-8(15)6-11(13)18/h2-6H,18H2,1H3,(H,19,20). The summed E-state index contributed by atoms with van der Waals surface area (Å²) >= 11 is 0. The first-order valence-electron chi connectivity index (χ1n) is 5.81. The van der Waals surface area contributed by atoms with Crippen LogP contribution in [0.25, 0.3) is 0 Å². The van der Waals surface area contributed by atoms with Crippen molar-refractivity contribution in [2.24, 2.45) is 0 Å². The van der Waals surface area contributed by atoms with Gasteiger partial charge in [0.2, 0.25) is 0 Å². The third-order valence-corrected chi connectivity index (χ3v) is 2.74. The average molecular weight is 296 g/mol. The SMILES string of the molecule is COc1ccc(C(=O)Nc2c(N)cc(F)cc2F)cc1F. The molecule has 2 aromatic carbocycles. The Kier molecular flexibility index (Phi) is 4.02. The normalized spacial score (nSPS) is 10.3. The lowest BCUT2D eigenvalue weighted by molar-refractivity contribution is 0.102. The number of hydrogen-bond donors (Lipinski definition) is 2. The summed E-state index contributed by atoms with van der Waals surface area (Å²) in [6.07, 6.45) is 0. The molecule has 0 atom stereocenters. The van der Waals surface area contributed by atoms with Crippen LogP contribution >= 0.6 is 0 Å². The van der Waals surface area contributed by atoms with E-state index in [4.69, 9.17) is 10.5 Å². The summed E-state index contributed by atoms with van der Waals surface area (Å²) in [5.74, 6) is -3.43. The second-order valence-electron chi connectivity index (χ2n) is 4.16. The third kappa shape index (κ3) is 3.07. The molecule has 2 rings (SSSR count). The van der Waals surface area contributed by atoms with E-state index in [9.17, 15) is 18.0 Å². The quantitative estimate of drug-likeness (QED) is 0.856. The minimum Gasteiger partial charge on any atom is -0.494 e. The molecule has 0 aliphatic heterocycles. The molecule has 0 aliphatic rings. The van der Waals surface area contributed by atoms with Crippen molar-refractivity contribution in [2.45, 2.75) is 0 Å². The van der Waals surface area contributed by atoms with Crippen LogP contribution in [0.2, 0.25) is 0 Å². The summed E-state index contributed by atoms with van der Waals surface area (Å²) in [6.45, 7) is 0. The van der Waals surface area contributed by atoms with E-state index < -0.39 is 23.4 Å². The van der Waals surface area contributed by atoms with Crippen molar-refractivity contribution in [3.8, 4) is 5.75 Å². The fraction of sp³-hybridized carbons (Fsp3) is 0.0714. The van der Waals surface area contributed by atoms with Crippen LogP contribution in [-0.2, 0) is 0 Å². The van der Waals surface area contributed by atoms with E-state index >= 15 is 0 Å². The Balaban J connectivity index is 2.28. The fourth-order valence-corrected chi connectivity index (χ4v) is 1.72. The lowest BCUT2D eigenvalue weighted by Crippen LogP contribution is -2.15. The van der Waals surface area contributed by atoms with Crippen LogP contribution in [0.5, 0.6) is 5.75 Å². The summed E-state index contributed by atoms with van der Waals surface area (Å²) in [5, 5.41) is 2.17. The molecule has 110 valence electrons. The molecule has 7 heteroatoms. The highest BCUT2D eigenvalue weighted by Crippen LogP contribution is 2.25. The Morgan fingerprint density at radius 2 is 1.86 bits per heavy atom. The number of hydrogen-bond acceptors (Lipinski definition) is 3. The number of amides is 1. The van der Waals surface area contributed by atoms with E-state index in [0.29, 0.717) is 6.07 Å². The van der Waals surface area contributed by atoms with Gasteiger partial charge in [-0.05, 0) is 24.3 Å². The molecule has 0 heterocycles. The molecular weight excluding hydrogens is 285 g/mol. The van der Waals surface area contributed by atoms with Crippen LogP contribution < -0.4 is 15.8 Å². The van der Waals surface area contributed by atoms with Gasteiger partial charge >= 0.3 is 0 Å². The van der Waals surface area contributed by atoms with Gasteiger partial charge in [0, 0.05) is 11.6 Å². The Labute approximate surface area is 118 Å². The van der Waals surface area contributed by atoms with E-state index in [1.165, 1.54) is 19.2 Å². The van der Waals surface area contributed by atoms with Crippen molar-refractivity contribution >= 4 is 17.3 Å². The van der Waals surface area contributed by atoms with Gasteiger partial charge < -0.3 is 15.8 Å². The second kappa shape index (κ2) is 5.74. The van der Waals surface area contributed by atoms with Gasteiger partial charge in [-0.3, -0.25) is 4.79 Å². The van der Waals surface area contributed by atoms with Gasteiger partial charge in [0.25, 0.3) is 5.91 Å². The molecule has 4 nitrogen and oxygen atoms in total. The molecule has 0 saturated carbocycles. The van der Waals surface area contributed by atoms with Gasteiger partial charge in [-0.2, -0.15) is 0 Å². The molecule has 0 saturated heterocycles. The monoisotopic (exact) mass is 296 g/mol. The van der Waals surface area contributed by atoms with Crippen LogP contribution in [0, 0.1) is 17.5 Å². The Hall–Kier alpha value is -2.70. The summed E-state index contributed by atoms with van der Waals surface area (Å²) in [7, 11) is 1.28. The Bertz CT molecular complexity index is 682. The Morgan fingerprint density at radius 1 is 1.14 bits per heavy atom. The zero-order chi connectivity index (χ0) is 15.6. The highest BCUT2D eigenvalue weighted by Gasteiger charge is 2.15. The predicted molar refractivity (Wildman–Crippen MR) is 71.7 cm³/mol. The first-order chi connectivity index (χ1) is 9.92. The fourth-order valence-electron chi connectivity index (χ4n) is 1.72. The topological polar surface area (TPSA) is 64.3 Å². The van der Waals surface area contributed by atoms with E-state index in [-0.39, 0.29) is 22.7 Å². The average Bonchev–Trinajstić information content (AvgIpc) is 2.42. The number of carbonyl (C=O) groups excluding carboxylic acids is 1. The van der Waals surface area contributed by atoms with Crippen molar-refractivity contribution in [1.82, 2.24) is 0 Å². The molecule has 0 radical (unpaired) electrons. The van der Waals surface area contributed by atoms with Crippen LogP contribution in [0.3, 0.4) is 0 Å². The van der Waals surface area contributed by atoms with Gasteiger partial charge in [0.05, 0.1) is 12.8 Å². The highest BCUT2D eigenvalue weighted by atomic mass is 19.1. The lowest BCUT2D eigenvalue weighted by Gasteiger charge is -2.10. The number of nitrogen functional groups attached to an aromatic ring is 1. The maximum Gasteiger partial charge on any atom is 0.255 e. The van der Waals surface area contributed by atoms with E-state index in [2.05, 4.69) is 5.32 Å². The summed E-state index contributed by atoms with van der Waals surface area (Å²) < 4.78 is 44.7. The number of ether oxygens (including phenoxy) is 1. The van der Waals surface area contributed by atoms with Crippen molar-refractivity contribution in [3.05, 3.63) is 53.3 Å². The zero-order valence-electron chi connectivity index (χ0n) is 10.9. The summed E-state index contributed by atoms with van der Waals surface area (Å²) in [6, 6.07) is 4.95. The van der Waals surface area contributed by atoms with Crippen molar-refractivity contribution in [2.75, 3.05) is 18.2 Å². The van der Waals surface area contributed by atoms with E-state index in [1.807, 2.05) is 0 Å². The maximum atomic E-state index is 13.6. The van der Waals surface area contributed by atoms with Gasteiger partial charge in [-0.1, -0.05) is 0 Å². The maximum absolute atomic E-state index is 13.6. The van der Waals surface area contributed by atoms with Crippen LogP contribution in [0.15, 0.2) is 30.3 Å². The van der Waals surface area contributed by atoms with Crippen LogP contribution in [-0.4, -0.2) is 13.0 Å². The van der Waals surface area contributed by atoms with Crippen molar-refractivity contribution in [1.29, 1.82) is 0 Å². The Morgan fingerprint density at radius 3 is 2.43 bits per heavy atom. The number of rotatable bonds is 3. The molecule has 0 spiro atoms. The van der Waals surface area contributed by atoms with E-state index in [0.717, 1.165) is 12.1 Å². The molecule has 21 heavy (non-hydrogen) atoms. The van der Waals surface area contributed by atoms with Gasteiger partial charge in [0.1, 0.15) is 11.5 Å². The molecule has 1 amide bonds. The zero-order valence-corrected chi connectivity index (χ0v) is 10.9. The number of halogens is 3. The van der Waals surface area contributed by atoms with Crippen LogP contribution in [0.1, 0.15) is 10.4 Å². The first-order valence-corrected chi connectivity index (χ1v) is 5.81. The largest absolute Gasteiger partial charge is 0.494 e. The van der Waals surface area contributed by atoms with Crippen LogP contribution in [0.4, 0.5) is 24.5 Å². The second-order valence-corrected chi connectivity index (χ2v) is 4.16. The molecule has 0 fully saturated rings. The number of benzene rings is 2. The number of anilines is 2. The molecule has 0 aliphatic carbocycles. The molecule has 0 unspecified atom stereocenters. The van der Waals surface area contributed by atoms with Gasteiger partial charge in [-0.15, -0.1) is 0 Å². The molecular formula is C14H11F3N2O2. The van der Waals surface area contributed by atoms with Gasteiger partial charge in [0.15, 0.2) is 17.4 Å². The first kappa shape index (κ1) is 14.7. The highest BCUT2D eigenvalue weighted by molar-refractivity contribution is 6.05. The smallest absolute Gasteiger partial charge is 0.255 e. The lowest BCUT2D eigenvalue weighted by atomic mass is 10.1. The number of nitrogens with one attached hydrogen (secondary N) is 1.